The smallest absolute Gasteiger partial charge is 0.179 e. The Morgan fingerprint density at radius 1 is 0.345 bits per heavy atom. The molecule has 9 aromatic carbocycles. The van der Waals surface area contributed by atoms with Gasteiger partial charge in [-0.3, -0.25) is 0 Å². The summed E-state index contributed by atoms with van der Waals surface area (Å²) in [5, 5.41) is 13.1. The van der Waals surface area contributed by atoms with Gasteiger partial charge in [0.25, 0.3) is 0 Å². The first kappa shape index (κ1) is 33.2. The average Bonchev–Trinajstić information content (AvgIpc) is 3.96. The summed E-state index contributed by atoms with van der Waals surface area (Å²) in [6.45, 7) is 0. The van der Waals surface area contributed by atoms with Gasteiger partial charge in [0.15, 0.2) is 8.07 Å². The average molecular weight is 773 g/mol. The number of fused-ring (bicyclic) bond motifs is 10. The first-order chi connectivity index (χ1) is 28.8. The van der Waals surface area contributed by atoms with E-state index in [1.165, 1.54) is 95.9 Å². The van der Waals surface area contributed by atoms with Crippen LogP contribution in [-0.4, -0.2) is 17.2 Å². The normalized spacial score (nSPS) is 12.1. The van der Waals surface area contributed by atoms with E-state index >= 15 is 0 Å². The van der Waals surface area contributed by atoms with Gasteiger partial charge in [-0.15, -0.1) is 11.3 Å². The van der Waals surface area contributed by atoms with Crippen molar-refractivity contribution in [1.82, 2.24) is 9.13 Å². The lowest BCUT2D eigenvalue weighted by molar-refractivity contribution is 1.18. The maximum atomic E-state index is 2.56. The molecule has 3 aromatic heterocycles. The lowest BCUT2D eigenvalue weighted by Crippen LogP contribution is -2.74. The highest BCUT2D eigenvalue weighted by molar-refractivity contribution is 7.26. The molecule has 12 rings (SSSR count). The molecule has 272 valence electrons. The van der Waals surface area contributed by atoms with Crippen LogP contribution in [0.5, 0.6) is 0 Å². The largest absolute Gasteiger partial charge is 0.309 e. The third kappa shape index (κ3) is 4.70. The Morgan fingerprint density at radius 2 is 0.793 bits per heavy atom. The van der Waals surface area contributed by atoms with Crippen LogP contribution in [0.15, 0.2) is 218 Å². The second-order valence-corrected chi connectivity index (χ2v) is 20.1. The van der Waals surface area contributed by atoms with E-state index < -0.39 is 8.07 Å². The summed E-state index contributed by atoms with van der Waals surface area (Å²) in [7, 11) is -2.78. The summed E-state index contributed by atoms with van der Waals surface area (Å²) in [6, 6.07) is 81.3. The number of hydrogen-bond acceptors (Lipinski definition) is 1. The molecule has 0 saturated heterocycles. The predicted octanol–water partition coefficient (Wildman–Crippen LogP) is 11.6. The highest BCUT2D eigenvalue weighted by atomic mass is 32.1. The fourth-order valence-corrected chi connectivity index (χ4v) is 15.9. The molecule has 0 unspecified atom stereocenters. The van der Waals surface area contributed by atoms with E-state index in [2.05, 4.69) is 228 Å². The SMILES string of the molecule is c1ccc([Si](c2ccccc2)(c2ccccc2)c2cccc(-n3c4ccccc4c4cc(-n5c6ccccc6c6ccccc65)c5sc6ccccc6c5c43)c2)cc1. The van der Waals surface area contributed by atoms with Crippen LogP contribution in [0, 0.1) is 0 Å². The number of aromatic nitrogens is 2. The quantitative estimate of drug-likeness (QED) is 0.118. The molecular formula is C54H36N2SSi. The van der Waals surface area contributed by atoms with Gasteiger partial charge < -0.3 is 9.13 Å². The van der Waals surface area contributed by atoms with E-state index in [9.17, 15) is 0 Å². The maximum Gasteiger partial charge on any atom is 0.179 e. The van der Waals surface area contributed by atoms with Crippen LogP contribution in [0.4, 0.5) is 0 Å². The summed E-state index contributed by atoms with van der Waals surface area (Å²) in [5.41, 5.74) is 7.30. The molecule has 58 heavy (non-hydrogen) atoms. The number of hydrogen-bond donors (Lipinski definition) is 0. The second-order valence-electron chi connectivity index (χ2n) is 15.2. The predicted molar refractivity (Wildman–Crippen MR) is 252 cm³/mol. The van der Waals surface area contributed by atoms with Gasteiger partial charge in [0.2, 0.25) is 0 Å². The summed E-state index contributed by atoms with van der Waals surface area (Å²) < 4.78 is 7.66. The third-order valence-electron chi connectivity index (χ3n) is 12.2. The first-order valence-corrected chi connectivity index (χ1v) is 22.8. The maximum absolute atomic E-state index is 2.78. The molecule has 0 saturated carbocycles. The van der Waals surface area contributed by atoms with E-state index in [1.54, 1.807) is 0 Å². The van der Waals surface area contributed by atoms with Crippen molar-refractivity contribution >= 4 is 104 Å². The van der Waals surface area contributed by atoms with Crippen molar-refractivity contribution in [2.24, 2.45) is 0 Å². The van der Waals surface area contributed by atoms with Gasteiger partial charge in [-0.05, 0) is 63.2 Å². The second kappa shape index (κ2) is 13.0. The van der Waals surface area contributed by atoms with Gasteiger partial charge in [-0.25, -0.2) is 0 Å². The molecule has 3 heterocycles. The van der Waals surface area contributed by atoms with Crippen molar-refractivity contribution in [3.05, 3.63) is 218 Å². The molecule has 0 radical (unpaired) electrons. The van der Waals surface area contributed by atoms with E-state index in [-0.39, 0.29) is 0 Å². The first-order valence-electron chi connectivity index (χ1n) is 19.9. The van der Waals surface area contributed by atoms with Gasteiger partial charge in [-0.1, -0.05) is 176 Å². The zero-order chi connectivity index (χ0) is 38.2. The van der Waals surface area contributed by atoms with Crippen LogP contribution in [0.3, 0.4) is 0 Å². The van der Waals surface area contributed by atoms with Crippen molar-refractivity contribution in [2.45, 2.75) is 0 Å². The molecule has 0 fully saturated rings. The lowest BCUT2D eigenvalue weighted by Gasteiger charge is -2.34. The molecule has 0 N–H and O–H groups in total. The molecular weight excluding hydrogens is 737 g/mol. The Balaban J connectivity index is 1.22. The van der Waals surface area contributed by atoms with E-state index in [0.717, 1.165) is 0 Å². The highest BCUT2D eigenvalue weighted by Crippen LogP contribution is 2.47. The Kier molecular flexibility index (Phi) is 7.46. The Hall–Kier alpha value is -6.98. The van der Waals surface area contributed by atoms with Crippen molar-refractivity contribution in [2.75, 3.05) is 0 Å². The minimum atomic E-state index is -2.78. The molecule has 0 bridgehead atoms. The summed E-state index contributed by atoms with van der Waals surface area (Å²) in [5.74, 6) is 0. The molecule has 2 nitrogen and oxygen atoms in total. The van der Waals surface area contributed by atoms with E-state index in [0.29, 0.717) is 0 Å². The van der Waals surface area contributed by atoms with Crippen LogP contribution in [0.25, 0.3) is 75.2 Å². The Labute approximate surface area is 341 Å². The monoisotopic (exact) mass is 772 g/mol. The van der Waals surface area contributed by atoms with Crippen LogP contribution < -0.4 is 20.7 Å². The minimum absolute atomic E-state index is 1.17. The fourth-order valence-electron chi connectivity index (χ4n) is 9.88. The number of para-hydroxylation sites is 3. The Morgan fingerprint density at radius 3 is 1.36 bits per heavy atom. The summed E-state index contributed by atoms with van der Waals surface area (Å²) >= 11 is 1.90. The number of rotatable bonds is 6. The molecule has 0 amide bonds. The minimum Gasteiger partial charge on any atom is -0.309 e. The van der Waals surface area contributed by atoms with E-state index in [4.69, 9.17) is 0 Å². The molecule has 0 atom stereocenters. The third-order valence-corrected chi connectivity index (χ3v) is 18.2. The lowest BCUT2D eigenvalue weighted by atomic mass is 10.1. The van der Waals surface area contributed by atoms with Crippen molar-refractivity contribution in [1.29, 1.82) is 0 Å². The number of thiophene rings is 1. The summed E-state index contributed by atoms with van der Waals surface area (Å²) in [4.78, 5) is 0. The molecule has 0 spiro atoms. The fraction of sp³-hybridized carbons (Fsp3) is 0. The molecule has 0 aliphatic carbocycles. The van der Waals surface area contributed by atoms with Gasteiger partial charge in [-0.2, -0.15) is 0 Å². The zero-order valence-electron chi connectivity index (χ0n) is 31.6. The van der Waals surface area contributed by atoms with Gasteiger partial charge >= 0.3 is 0 Å². The molecule has 4 heteroatoms. The van der Waals surface area contributed by atoms with Gasteiger partial charge in [0.05, 0.1) is 32.5 Å². The van der Waals surface area contributed by atoms with Crippen LogP contribution in [0.2, 0.25) is 0 Å². The van der Waals surface area contributed by atoms with Gasteiger partial charge in [0.1, 0.15) is 0 Å². The van der Waals surface area contributed by atoms with Crippen LogP contribution in [-0.2, 0) is 0 Å². The molecule has 12 aromatic rings. The molecule has 0 aliphatic rings. The van der Waals surface area contributed by atoms with Crippen molar-refractivity contribution in [3.63, 3.8) is 0 Å². The number of nitrogens with zero attached hydrogens (tertiary/aromatic N) is 2. The highest BCUT2D eigenvalue weighted by Gasteiger charge is 2.41. The van der Waals surface area contributed by atoms with Crippen LogP contribution >= 0.6 is 11.3 Å². The van der Waals surface area contributed by atoms with Gasteiger partial charge in [0, 0.05) is 42.7 Å². The van der Waals surface area contributed by atoms with Crippen molar-refractivity contribution in [3.8, 4) is 11.4 Å². The zero-order valence-corrected chi connectivity index (χ0v) is 33.4. The molecule has 0 aliphatic heterocycles. The van der Waals surface area contributed by atoms with E-state index in [1.807, 2.05) is 11.3 Å². The van der Waals surface area contributed by atoms with Crippen LogP contribution in [0.1, 0.15) is 0 Å². The topological polar surface area (TPSA) is 9.86 Å². The number of benzene rings is 9. The van der Waals surface area contributed by atoms with Crippen molar-refractivity contribution < 1.29 is 0 Å². The summed E-state index contributed by atoms with van der Waals surface area (Å²) in [6.07, 6.45) is 0. The Bertz CT molecular complexity index is 3360. The standard InChI is InChI=1S/C54H36N2SSi/c1-4-20-38(21-5-1)58(39-22-6-2-7-23-39,40-24-8-3-9-25-40)41-26-18-19-37(35-41)55-47-31-14-12-29-44(47)46-36-50(54-52(53(46)55)45-30-13-17-34-51(45)57-54)56-48-32-15-10-27-42(48)43-28-11-16-33-49(43)56/h1-36H.